The van der Waals surface area contributed by atoms with E-state index in [0.29, 0.717) is 18.6 Å². The van der Waals surface area contributed by atoms with Crippen molar-refractivity contribution in [3.63, 3.8) is 0 Å². The van der Waals surface area contributed by atoms with Gasteiger partial charge in [-0.25, -0.2) is 4.99 Å². The Morgan fingerprint density at radius 1 is 1.13 bits per heavy atom. The van der Waals surface area contributed by atoms with E-state index in [0.717, 1.165) is 29.7 Å². The van der Waals surface area contributed by atoms with Crippen molar-refractivity contribution in [2.75, 3.05) is 11.9 Å². The topological polar surface area (TPSA) is 82.0 Å². The lowest BCUT2D eigenvalue weighted by molar-refractivity contribution is -0.132. The minimum absolute atomic E-state index is 0.315. The molecule has 0 saturated carbocycles. The highest BCUT2D eigenvalue weighted by atomic mass is 16.3. The Balaban J connectivity index is 1.96. The predicted octanol–water partition coefficient (Wildman–Crippen LogP) is 3.52. The van der Waals surface area contributed by atoms with Crippen molar-refractivity contribution in [2.45, 2.75) is 51.8 Å². The Kier molecular flexibility index (Phi) is 7.58. The number of fused-ring (bicyclic) bond motifs is 1. The van der Waals surface area contributed by atoms with Gasteiger partial charge in [0.25, 0.3) is 5.91 Å². The van der Waals surface area contributed by atoms with Crippen LogP contribution in [0.3, 0.4) is 0 Å². The molecule has 2 aromatic rings. The normalized spacial score (nSPS) is 17.9. The molecule has 164 valence electrons. The molecule has 1 heterocycles. The standard InChI is InChI=1S/C25H31N3O3/c1-4-6-16-21(29)18(5-2)24(30)27-23-25(31)28(3)20-15-11-10-14-19(20)22(26-23)17-12-8-7-9-13-17/h7-15,18,21,23,29H,4-6,16H2,1-3H3,(H,27,30)/t18-,21+,23?/m1/s1. The molecular formula is C25H31N3O3. The van der Waals surface area contributed by atoms with Crippen LogP contribution in [-0.2, 0) is 9.59 Å². The first kappa shape index (κ1) is 22.7. The van der Waals surface area contributed by atoms with E-state index < -0.39 is 18.2 Å². The fraction of sp³-hybridized carbons (Fsp3) is 0.400. The molecule has 2 amide bonds. The third kappa shape index (κ3) is 5.02. The van der Waals surface area contributed by atoms with Gasteiger partial charge in [-0.1, -0.05) is 75.2 Å². The molecule has 2 N–H and O–H groups in total. The summed E-state index contributed by atoms with van der Waals surface area (Å²) in [5.74, 6) is -1.24. The number of anilines is 1. The second-order valence-corrected chi connectivity index (χ2v) is 7.89. The molecule has 0 radical (unpaired) electrons. The van der Waals surface area contributed by atoms with Crippen LogP contribution in [0.25, 0.3) is 0 Å². The Bertz CT molecular complexity index is 942. The number of hydrogen-bond acceptors (Lipinski definition) is 4. The van der Waals surface area contributed by atoms with Crippen LogP contribution < -0.4 is 10.2 Å². The van der Waals surface area contributed by atoms with Crippen molar-refractivity contribution in [2.24, 2.45) is 10.9 Å². The van der Waals surface area contributed by atoms with E-state index in [-0.39, 0.29) is 11.8 Å². The van der Waals surface area contributed by atoms with Gasteiger partial charge >= 0.3 is 0 Å². The van der Waals surface area contributed by atoms with Crippen LogP contribution in [0.4, 0.5) is 5.69 Å². The molecule has 3 atom stereocenters. The number of aliphatic hydroxyl groups excluding tert-OH is 1. The van der Waals surface area contributed by atoms with Gasteiger partial charge in [-0.05, 0) is 18.9 Å². The number of rotatable bonds is 8. The number of aliphatic hydroxyl groups is 1. The van der Waals surface area contributed by atoms with E-state index in [2.05, 4.69) is 5.32 Å². The van der Waals surface area contributed by atoms with Crippen LogP contribution in [0.2, 0.25) is 0 Å². The SMILES string of the molecule is CCCC[C@H](O)[C@@H](CC)C(=O)NC1N=C(c2ccccc2)c2ccccc2N(C)C1=O. The van der Waals surface area contributed by atoms with Gasteiger partial charge < -0.3 is 15.3 Å². The van der Waals surface area contributed by atoms with Gasteiger partial charge in [0.2, 0.25) is 12.1 Å². The van der Waals surface area contributed by atoms with Crippen molar-refractivity contribution in [1.29, 1.82) is 0 Å². The summed E-state index contributed by atoms with van der Waals surface area (Å²) in [6.07, 6.45) is 1.05. The first-order valence-corrected chi connectivity index (χ1v) is 11.0. The lowest BCUT2D eigenvalue weighted by Crippen LogP contribution is -2.49. The molecule has 1 aliphatic rings. The average Bonchev–Trinajstić information content (AvgIpc) is 2.89. The van der Waals surface area contributed by atoms with E-state index in [4.69, 9.17) is 4.99 Å². The Labute approximate surface area is 184 Å². The maximum Gasteiger partial charge on any atom is 0.272 e. The fourth-order valence-corrected chi connectivity index (χ4v) is 3.93. The van der Waals surface area contributed by atoms with Crippen LogP contribution in [0.5, 0.6) is 0 Å². The van der Waals surface area contributed by atoms with E-state index in [1.807, 2.05) is 68.4 Å². The van der Waals surface area contributed by atoms with Crippen molar-refractivity contribution in [3.8, 4) is 0 Å². The summed E-state index contributed by atoms with van der Waals surface area (Å²) in [7, 11) is 1.69. The third-order valence-corrected chi connectivity index (χ3v) is 5.76. The van der Waals surface area contributed by atoms with Crippen LogP contribution in [0, 0.1) is 5.92 Å². The number of nitrogens with one attached hydrogen (secondary N) is 1. The number of aliphatic imine (C=N–C) groups is 1. The van der Waals surface area contributed by atoms with Gasteiger partial charge in [-0.2, -0.15) is 0 Å². The van der Waals surface area contributed by atoms with Gasteiger partial charge in [0.05, 0.1) is 23.4 Å². The van der Waals surface area contributed by atoms with Crippen LogP contribution in [0.15, 0.2) is 59.6 Å². The average molecular weight is 422 g/mol. The summed E-state index contributed by atoms with van der Waals surface area (Å²) < 4.78 is 0. The van der Waals surface area contributed by atoms with Gasteiger partial charge in [0, 0.05) is 18.2 Å². The van der Waals surface area contributed by atoms with Crippen LogP contribution in [-0.4, -0.2) is 41.9 Å². The third-order valence-electron chi connectivity index (χ3n) is 5.76. The smallest absolute Gasteiger partial charge is 0.272 e. The summed E-state index contributed by atoms with van der Waals surface area (Å²) in [4.78, 5) is 32.5. The molecule has 31 heavy (non-hydrogen) atoms. The number of nitrogens with zero attached hydrogens (tertiary/aromatic N) is 2. The molecule has 0 saturated heterocycles. The first-order valence-electron chi connectivity index (χ1n) is 11.0. The predicted molar refractivity (Wildman–Crippen MR) is 123 cm³/mol. The summed E-state index contributed by atoms with van der Waals surface area (Å²) in [5.41, 5.74) is 3.09. The molecule has 1 aliphatic heterocycles. The van der Waals surface area contributed by atoms with Gasteiger partial charge in [0.15, 0.2) is 0 Å². The number of likely N-dealkylation sites (N-methyl/N-ethyl adjacent to an activating group) is 1. The van der Waals surface area contributed by atoms with Crippen molar-refractivity contribution in [3.05, 3.63) is 65.7 Å². The minimum atomic E-state index is -1.06. The van der Waals surface area contributed by atoms with Crippen LogP contribution in [0.1, 0.15) is 50.7 Å². The zero-order chi connectivity index (χ0) is 22.4. The second-order valence-electron chi connectivity index (χ2n) is 7.89. The number of hydrogen-bond donors (Lipinski definition) is 2. The molecule has 0 bridgehead atoms. The molecule has 3 rings (SSSR count). The summed E-state index contributed by atoms with van der Waals surface area (Å²) in [6.45, 7) is 3.92. The Hall–Kier alpha value is -2.99. The van der Waals surface area contributed by atoms with Crippen molar-refractivity contribution < 1.29 is 14.7 Å². The van der Waals surface area contributed by atoms with Gasteiger partial charge in [-0.3, -0.25) is 9.59 Å². The molecule has 0 spiro atoms. The number of unbranched alkanes of at least 4 members (excludes halogenated alkanes) is 1. The molecule has 0 aromatic heterocycles. The Morgan fingerprint density at radius 2 is 1.81 bits per heavy atom. The van der Waals surface area contributed by atoms with E-state index in [1.165, 1.54) is 4.90 Å². The largest absolute Gasteiger partial charge is 0.392 e. The number of amides is 2. The number of para-hydroxylation sites is 1. The summed E-state index contributed by atoms with van der Waals surface area (Å²) in [5, 5.41) is 13.3. The lowest BCUT2D eigenvalue weighted by Gasteiger charge is -2.24. The maximum absolute atomic E-state index is 13.2. The van der Waals surface area contributed by atoms with Gasteiger partial charge in [-0.15, -0.1) is 0 Å². The van der Waals surface area contributed by atoms with E-state index in [1.54, 1.807) is 7.05 Å². The molecular weight excluding hydrogens is 390 g/mol. The molecule has 0 aliphatic carbocycles. The molecule has 6 nitrogen and oxygen atoms in total. The van der Waals surface area contributed by atoms with Crippen molar-refractivity contribution in [1.82, 2.24) is 5.32 Å². The molecule has 0 fully saturated rings. The fourth-order valence-electron chi connectivity index (χ4n) is 3.93. The molecule has 2 aromatic carbocycles. The first-order chi connectivity index (χ1) is 15.0. The highest BCUT2D eigenvalue weighted by Gasteiger charge is 2.33. The summed E-state index contributed by atoms with van der Waals surface area (Å²) in [6, 6.07) is 17.2. The van der Waals surface area contributed by atoms with E-state index >= 15 is 0 Å². The van der Waals surface area contributed by atoms with Gasteiger partial charge in [0.1, 0.15) is 0 Å². The van der Waals surface area contributed by atoms with Crippen molar-refractivity contribution >= 4 is 23.2 Å². The highest BCUT2D eigenvalue weighted by Crippen LogP contribution is 2.27. The zero-order valence-electron chi connectivity index (χ0n) is 18.4. The maximum atomic E-state index is 13.2. The number of benzene rings is 2. The quantitative estimate of drug-likeness (QED) is 0.684. The number of benzodiazepines with no additional fused rings is 1. The zero-order valence-corrected chi connectivity index (χ0v) is 18.4. The van der Waals surface area contributed by atoms with Crippen LogP contribution >= 0.6 is 0 Å². The second kappa shape index (κ2) is 10.4. The minimum Gasteiger partial charge on any atom is -0.392 e. The number of carbonyl (C=O) groups is 2. The number of carbonyl (C=O) groups excluding carboxylic acids is 2. The molecule has 1 unspecified atom stereocenters. The molecule has 6 heteroatoms. The lowest BCUT2D eigenvalue weighted by atomic mass is 9.94. The monoisotopic (exact) mass is 421 g/mol. The summed E-state index contributed by atoms with van der Waals surface area (Å²) >= 11 is 0. The highest BCUT2D eigenvalue weighted by molar-refractivity contribution is 6.20. The Morgan fingerprint density at radius 3 is 2.48 bits per heavy atom. The van der Waals surface area contributed by atoms with E-state index in [9.17, 15) is 14.7 Å².